The van der Waals surface area contributed by atoms with Crippen LogP contribution in [0.2, 0.25) is 0 Å². The lowest BCUT2D eigenvalue weighted by Crippen LogP contribution is -2.46. The predicted octanol–water partition coefficient (Wildman–Crippen LogP) is 4.78. The van der Waals surface area contributed by atoms with Crippen molar-refractivity contribution in [3.05, 3.63) is 45.8 Å². The number of benzene rings is 1. The van der Waals surface area contributed by atoms with E-state index in [-0.39, 0.29) is 22.1 Å². The van der Waals surface area contributed by atoms with Gasteiger partial charge in [0.05, 0.1) is 11.1 Å². The number of fused-ring (bicyclic) bond motifs is 2. The van der Waals surface area contributed by atoms with Gasteiger partial charge in [0.15, 0.2) is 0 Å². The Morgan fingerprint density at radius 2 is 1.84 bits per heavy atom. The van der Waals surface area contributed by atoms with Gasteiger partial charge in [0.25, 0.3) is 10.1 Å². The second-order valence-corrected chi connectivity index (χ2v) is 10.2. The maximum atomic E-state index is 13.6. The number of hydrogen-bond donors (Lipinski definition) is 2. The van der Waals surface area contributed by atoms with Crippen molar-refractivity contribution in [1.82, 2.24) is 0 Å². The Bertz CT molecular complexity index is 1220. The summed E-state index contributed by atoms with van der Waals surface area (Å²) in [4.78, 5) is 13.8. The second-order valence-electron chi connectivity index (χ2n) is 8.33. The fourth-order valence-corrected chi connectivity index (χ4v) is 4.94. The number of anilines is 1. The minimum atomic E-state index is -4.81. The highest BCUT2D eigenvalue weighted by Gasteiger charge is 2.37. The van der Waals surface area contributed by atoms with Crippen molar-refractivity contribution >= 4 is 45.0 Å². The molecule has 1 aliphatic rings. The van der Waals surface area contributed by atoms with Gasteiger partial charge >= 0.3 is 11.8 Å². The lowest BCUT2D eigenvalue weighted by Gasteiger charge is -2.44. The highest BCUT2D eigenvalue weighted by atomic mass is 32.2. The van der Waals surface area contributed by atoms with Crippen molar-refractivity contribution in [2.45, 2.75) is 44.8 Å². The number of alkyl halides is 3. The summed E-state index contributed by atoms with van der Waals surface area (Å²) in [5, 5.41) is -0.355. The number of thiol groups is 1. The van der Waals surface area contributed by atoms with Gasteiger partial charge in [-0.25, -0.2) is 4.79 Å². The van der Waals surface area contributed by atoms with Gasteiger partial charge in [-0.1, -0.05) is 12.5 Å². The van der Waals surface area contributed by atoms with Crippen LogP contribution in [0.15, 0.2) is 33.5 Å². The molecular weight excluding hydrogens is 467 g/mol. The summed E-state index contributed by atoms with van der Waals surface area (Å²) in [6, 6.07) is 2.91. The first-order chi connectivity index (χ1) is 14.7. The van der Waals surface area contributed by atoms with Crippen LogP contribution < -0.4 is 10.5 Å². The van der Waals surface area contributed by atoms with E-state index in [1.54, 1.807) is 6.08 Å². The smallest absolute Gasteiger partial charge is 0.417 e. The lowest BCUT2D eigenvalue weighted by molar-refractivity contribution is -0.136. The molecule has 0 saturated heterocycles. The third-order valence-electron chi connectivity index (χ3n) is 5.40. The molecule has 3 rings (SSSR count). The third kappa shape index (κ3) is 5.32. The van der Waals surface area contributed by atoms with Gasteiger partial charge in [0.2, 0.25) is 0 Å². The molecule has 32 heavy (non-hydrogen) atoms. The SMILES string of the molecule is CC1(C)C=C(CS(=O)(=O)O)c2cc3c(C(F)(F)F)cc(=O)oc3cc2N1CCCCCS. The van der Waals surface area contributed by atoms with E-state index in [2.05, 4.69) is 12.6 Å². The first-order valence-corrected chi connectivity index (χ1v) is 12.2. The number of unbranched alkanes of at least 4 members (excludes halogenated alkanes) is 2. The van der Waals surface area contributed by atoms with Crippen LogP contribution in [-0.4, -0.2) is 36.6 Å². The minimum absolute atomic E-state index is 0.181. The zero-order valence-electron chi connectivity index (χ0n) is 17.6. The Hall–Kier alpha value is -1.98. The van der Waals surface area contributed by atoms with Crippen LogP contribution in [0.5, 0.6) is 0 Å². The molecule has 11 heteroatoms. The summed E-state index contributed by atoms with van der Waals surface area (Å²) >= 11 is 4.20. The van der Waals surface area contributed by atoms with Gasteiger partial charge in [-0.15, -0.1) is 0 Å². The van der Waals surface area contributed by atoms with Gasteiger partial charge < -0.3 is 9.32 Å². The molecule has 0 spiro atoms. The van der Waals surface area contributed by atoms with E-state index in [9.17, 15) is 30.9 Å². The first-order valence-electron chi connectivity index (χ1n) is 9.98. The van der Waals surface area contributed by atoms with Crippen molar-refractivity contribution in [2.75, 3.05) is 23.0 Å². The Balaban J connectivity index is 2.26. The number of halogens is 3. The Morgan fingerprint density at radius 1 is 1.16 bits per heavy atom. The summed E-state index contributed by atoms with van der Waals surface area (Å²) in [5.41, 5.74) is -2.38. The predicted molar refractivity (Wildman–Crippen MR) is 121 cm³/mol. The van der Waals surface area contributed by atoms with E-state index < -0.39 is 38.8 Å². The molecule has 1 N–H and O–H groups in total. The Labute approximate surface area is 189 Å². The molecule has 0 atom stereocenters. The minimum Gasteiger partial charge on any atom is -0.423 e. The zero-order chi connectivity index (χ0) is 23.9. The maximum absolute atomic E-state index is 13.6. The summed E-state index contributed by atoms with van der Waals surface area (Å²) in [6.07, 6.45) is -0.616. The second kappa shape index (κ2) is 8.75. The molecule has 0 fully saturated rings. The van der Waals surface area contributed by atoms with Crippen molar-refractivity contribution in [1.29, 1.82) is 0 Å². The lowest BCUT2D eigenvalue weighted by atomic mass is 9.87. The molecule has 6 nitrogen and oxygen atoms in total. The van der Waals surface area contributed by atoms with Gasteiger partial charge in [-0.3, -0.25) is 4.55 Å². The monoisotopic (exact) mass is 491 g/mol. The van der Waals surface area contributed by atoms with Gasteiger partial charge in [-0.05, 0) is 44.1 Å². The van der Waals surface area contributed by atoms with Crippen molar-refractivity contribution in [2.24, 2.45) is 0 Å². The highest BCUT2D eigenvalue weighted by molar-refractivity contribution is 7.86. The van der Waals surface area contributed by atoms with E-state index in [4.69, 9.17) is 4.42 Å². The van der Waals surface area contributed by atoms with Crippen LogP contribution in [0.3, 0.4) is 0 Å². The Kier molecular flexibility index (Phi) is 6.74. The first kappa shape index (κ1) is 24.7. The van der Waals surface area contributed by atoms with Crippen molar-refractivity contribution in [3.63, 3.8) is 0 Å². The molecule has 0 unspecified atom stereocenters. The van der Waals surface area contributed by atoms with Gasteiger partial charge in [0.1, 0.15) is 11.3 Å². The van der Waals surface area contributed by atoms with Crippen LogP contribution >= 0.6 is 12.6 Å². The Morgan fingerprint density at radius 3 is 2.44 bits per heavy atom. The van der Waals surface area contributed by atoms with E-state index in [1.165, 1.54) is 12.1 Å². The van der Waals surface area contributed by atoms with Crippen LogP contribution in [-0.2, 0) is 16.3 Å². The highest BCUT2D eigenvalue weighted by Crippen LogP contribution is 2.44. The molecule has 2 aromatic rings. The summed E-state index contributed by atoms with van der Waals surface area (Å²) in [7, 11) is -4.45. The summed E-state index contributed by atoms with van der Waals surface area (Å²) in [5.74, 6) is -0.0189. The van der Waals surface area contributed by atoms with Crippen LogP contribution in [0.1, 0.15) is 44.2 Å². The standard InChI is InChI=1S/C21H24F3NO5S2/c1-20(2)11-13(12-32(27,28)29)14-8-15-16(21(22,23)24)9-19(26)30-18(15)10-17(14)25(20)6-4-3-5-7-31/h8-11,31H,3-7,12H2,1-2H3,(H,27,28,29). The largest absolute Gasteiger partial charge is 0.423 e. The van der Waals surface area contributed by atoms with Gasteiger partial charge in [-0.2, -0.15) is 34.2 Å². The molecule has 2 heterocycles. The molecular formula is C21H24F3NO5S2. The molecule has 0 saturated carbocycles. The normalized spacial score (nSPS) is 16.2. The molecule has 0 amide bonds. The summed E-state index contributed by atoms with van der Waals surface area (Å²) in [6.45, 7) is 4.22. The van der Waals surface area contributed by atoms with E-state index >= 15 is 0 Å². The van der Waals surface area contributed by atoms with E-state index in [1.807, 2.05) is 18.7 Å². The molecule has 176 valence electrons. The van der Waals surface area contributed by atoms with Crippen LogP contribution in [0, 0.1) is 0 Å². The van der Waals surface area contributed by atoms with Gasteiger partial charge in [0, 0.05) is 35.3 Å². The number of nitrogens with zero attached hydrogens (tertiary/aromatic N) is 1. The molecule has 0 radical (unpaired) electrons. The van der Waals surface area contributed by atoms with Crippen molar-refractivity contribution in [3.8, 4) is 0 Å². The average Bonchev–Trinajstić information content (AvgIpc) is 2.63. The van der Waals surface area contributed by atoms with E-state index in [0.29, 0.717) is 18.3 Å². The fourth-order valence-electron chi connectivity index (χ4n) is 4.09. The van der Waals surface area contributed by atoms with E-state index in [0.717, 1.165) is 25.0 Å². The van der Waals surface area contributed by atoms with Crippen LogP contribution in [0.4, 0.5) is 18.9 Å². The topological polar surface area (TPSA) is 87.8 Å². The maximum Gasteiger partial charge on any atom is 0.417 e. The average molecular weight is 492 g/mol. The molecule has 1 aromatic heterocycles. The fraction of sp³-hybridized carbons (Fsp3) is 0.476. The van der Waals surface area contributed by atoms with Crippen molar-refractivity contribution < 1.29 is 30.6 Å². The number of hydrogen-bond acceptors (Lipinski definition) is 6. The molecule has 1 aromatic carbocycles. The molecule has 0 aliphatic carbocycles. The summed E-state index contributed by atoms with van der Waals surface area (Å²) < 4.78 is 78.6. The zero-order valence-corrected chi connectivity index (χ0v) is 19.3. The van der Waals surface area contributed by atoms with Crippen LogP contribution in [0.25, 0.3) is 16.5 Å². The molecule has 1 aliphatic heterocycles. The quantitative estimate of drug-likeness (QED) is 0.251. The third-order valence-corrected chi connectivity index (χ3v) is 6.40. The molecule has 0 bridgehead atoms. The number of rotatable bonds is 7.